The summed E-state index contributed by atoms with van der Waals surface area (Å²) in [7, 11) is 0. The molecule has 0 radical (unpaired) electrons. The van der Waals surface area contributed by atoms with Crippen molar-refractivity contribution < 1.29 is 23.4 Å². The second-order valence-corrected chi connectivity index (χ2v) is 9.68. The molecule has 186 valence electrons. The standard InChI is InChI=1S/C28H25ClF2N2O3/c29-20-9-10-21(26(12-20)36-16-18-7-4-8-19(11-18)28(34)35)27-32-24-13-22(30)23(31)14-25(24)33(27)15-17-5-2-1-3-6-17/h4,7-14,17H,1-3,5-6,15-16H2,(H,34,35). The van der Waals surface area contributed by atoms with Crippen LogP contribution in [0.15, 0.2) is 54.6 Å². The number of nitrogens with zero attached hydrogens (tertiary/aromatic N) is 2. The molecule has 5 nitrogen and oxygen atoms in total. The van der Waals surface area contributed by atoms with Crippen LogP contribution < -0.4 is 4.74 Å². The first-order valence-corrected chi connectivity index (χ1v) is 12.4. The third kappa shape index (κ3) is 5.07. The molecule has 0 saturated heterocycles. The highest BCUT2D eigenvalue weighted by Crippen LogP contribution is 2.37. The lowest BCUT2D eigenvalue weighted by Crippen LogP contribution is -2.15. The van der Waals surface area contributed by atoms with E-state index in [1.807, 2.05) is 4.57 Å². The van der Waals surface area contributed by atoms with Gasteiger partial charge in [-0.1, -0.05) is 43.0 Å². The van der Waals surface area contributed by atoms with Gasteiger partial charge in [0.1, 0.15) is 18.2 Å². The van der Waals surface area contributed by atoms with Gasteiger partial charge in [-0.3, -0.25) is 0 Å². The molecular weight excluding hydrogens is 486 g/mol. The van der Waals surface area contributed by atoms with Gasteiger partial charge in [-0.25, -0.2) is 18.6 Å². The largest absolute Gasteiger partial charge is 0.488 e. The maximum Gasteiger partial charge on any atom is 0.335 e. The van der Waals surface area contributed by atoms with Crippen LogP contribution in [0.1, 0.15) is 48.0 Å². The molecule has 1 fully saturated rings. The van der Waals surface area contributed by atoms with E-state index < -0.39 is 17.6 Å². The van der Waals surface area contributed by atoms with Gasteiger partial charge >= 0.3 is 5.97 Å². The quantitative estimate of drug-likeness (QED) is 0.280. The Balaban J connectivity index is 1.56. The van der Waals surface area contributed by atoms with Crippen molar-refractivity contribution >= 4 is 28.6 Å². The van der Waals surface area contributed by atoms with E-state index in [1.165, 1.54) is 18.6 Å². The molecular formula is C28H25ClF2N2O3. The van der Waals surface area contributed by atoms with Gasteiger partial charge in [0.25, 0.3) is 0 Å². The molecule has 1 N–H and O–H groups in total. The summed E-state index contributed by atoms with van der Waals surface area (Å²) in [5.74, 6) is -1.46. The second kappa shape index (κ2) is 10.3. The van der Waals surface area contributed by atoms with Gasteiger partial charge in [0, 0.05) is 23.7 Å². The summed E-state index contributed by atoms with van der Waals surface area (Å²) in [6.45, 7) is 0.750. The molecule has 5 rings (SSSR count). The Morgan fingerprint density at radius 3 is 2.61 bits per heavy atom. The van der Waals surface area contributed by atoms with Crippen LogP contribution in [0.5, 0.6) is 5.75 Å². The first-order valence-electron chi connectivity index (χ1n) is 12.0. The van der Waals surface area contributed by atoms with Crippen molar-refractivity contribution in [1.82, 2.24) is 9.55 Å². The van der Waals surface area contributed by atoms with Crippen molar-refractivity contribution in [3.8, 4) is 17.1 Å². The van der Waals surface area contributed by atoms with Gasteiger partial charge in [0.15, 0.2) is 11.6 Å². The number of imidazole rings is 1. The van der Waals surface area contributed by atoms with E-state index in [2.05, 4.69) is 4.98 Å². The molecule has 1 saturated carbocycles. The summed E-state index contributed by atoms with van der Waals surface area (Å²) < 4.78 is 36.4. The molecule has 1 aliphatic carbocycles. The van der Waals surface area contributed by atoms with Crippen LogP contribution in [0.2, 0.25) is 5.02 Å². The lowest BCUT2D eigenvalue weighted by Gasteiger charge is -2.23. The maximum atomic E-state index is 14.2. The molecule has 1 aliphatic rings. The highest BCUT2D eigenvalue weighted by atomic mass is 35.5. The lowest BCUT2D eigenvalue weighted by atomic mass is 9.89. The Kier molecular flexibility index (Phi) is 6.92. The summed E-state index contributed by atoms with van der Waals surface area (Å²) in [5.41, 5.74) is 2.39. The van der Waals surface area contributed by atoms with Crippen LogP contribution in [0.3, 0.4) is 0 Å². The van der Waals surface area contributed by atoms with Gasteiger partial charge in [-0.05, 0) is 54.7 Å². The van der Waals surface area contributed by atoms with Crippen LogP contribution >= 0.6 is 11.6 Å². The maximum absolute atomic E-state index is 14.2. The number of carboxylic acids is 1. The number of hydrogen-bond donors (Lipinski definition) is 1. The first kappa shape index (κ1) is 24.3. The van der Waals surface area contributed by atoms with Crippen LogP contribution in [0.25, 0.3) is 22.4 Å². The number of carboxylic acid groups (broad SMARTS) is 1. The third-order valence-electron chi connectivity index (χ3n) is 6.71. The topological polar surface area (TPSA) is 64.3 Å². The lowest BCUT2D eigenvalue weighted by molar-refractivity contribution is 0.0696. The van der Waals surface area contributed by atoms with Crippen molar-refractivity contribution in [3.05, 3.63) is 82.4 Å². The Labute approximate surface area is 212 Å². The Morgan fingerprint density at radius 2 is 1.83 bits per heavy atom. The fourth-order valence-corrected chi connectivity index (χ4v) is 5.06. The zero-order valence-corrected chi connectivity index (χ0v) is 20.3. The average molecular weight is 511 g/mol. The van der Waals surface area contributed by atoms with Crippen molar-refractivity contribution in [2.24, 2.45) is 5.92 Å². The Morgan fingerprint density at radius 1 is 1.06 bits per heavy atom. The predicted octanol–water partition coefficient (Wildman–Crippen LogP) is 7.49. The average Bonchev–Trinajstić information content (AvgIpc) is 3.20. The van der Waals surface area contributed by atoms with E-state index in [-0.39, 0.29) is 12.2 Å². The van der Waals surface area contributed by atoms with E-state index in [9.17, 15) is 18.7 Å². The van der Waals surface area contributed by atoms with Gasteiger partial charge in [-0.15, -0.1) is 0 Å². The minimum atomic E-state index is -1.02. The zero-order valence-electron chi connectivity index (χ0n) is 19.5. The molecule has 0 bridgehead atoms. The molecule has 8 heteroatoms. The number of ether oxygens (including phenoxy) is 1. The van der Waals surface area contributed by atoms with Crippen molar-refractivity contribution in [1.29, 1.82) is 0 Å². The van der Waals surface area contributed by atoms with Crippen LogP contribution in [0.4, 0.5) is 8.78 Å². The SMILES string of the molecule is O=C(O)c1cccc(COc2cc(Cl)ccc2-c2nc3cc(F)c(F)cc3n2CC2CCCCC2)c1. The van der Waals surface area contributed by atoms with Crippen LogP contribution in [0, 0.1) is 17.6 Å². The smallest absolute Gasteiger partial charge is 0.335 e. The first-order chi connectivity index (χ1) is 17.4. The minimum Gasteiger partial charge on any atom is -0.488 e. The fraction of sp³-hybridized carbons (Fsp3) is 0.286. The van der Waals surface area contributed by atoms with Gasteiger partial charge in [0.2, 0.25) is 0 Å². The van der Waals surface area contributed by atoms with Crippen molar-refractivity contribution in [3.63, 3.8) is 0 Å². The molecule has 1 heterocycles. The molecule has 1 aromatic heterocycles. The van der Waals surface area contributed by atoms with Crippen LogP contribution in [-0.2, 0) is 13.2 Å². The van der Waals surface area contributed by atoms with Gasteiger partial charge < -0.3 is 14.4 Å². The molecule has 0 atom stereocenters. The monoisotopic (exact) mass is 510 g/mol. The number of halogens is 3. The molecule has 0 amide bonds. The number of benzene rings is 3. The summed E-state index contributed by atoms with van der Waals surface area (Å²) in [6, 6.07) is 14.0. The summed E-state index contributed by atoms with van der Waals surface area (Å²) in [4.78, 5) is 16.0. The van der Waals surface area contributed by atoms with Crippen molar-refractivity contribution in [2.45, 2.75) is 45.3 Å². The van der Waals surface area contributed by atoms with Crippen molar-refractivity contribution in [2.75, 3.05) is 0 Å². The number of rotatable bonds is 7. The molecule has 36 heavy (non-hydrogen) atoms. The van der Waals surface area contributed by atoms with E-state index in [4.69, 9.17) is 16.3 Å². The number of aromatic nitrogens is 2. The van der Waals surface area contributed by atoms with E-state index in [0.29, 0.717) is 51.2 Å². The number of carbonyl (C=O) groups is 1. The number of fused-ring (bicyclic) bond motifs is 1. The molecule has 4 aromatic rings. The summed E-state index contributed by atoms with van der Waals surface area (Å²) >= 11 is 6.28. The minimum absolute atomic E-state index is 0.112. The highest BCUT2D eigenvalue weighted by Gasteiger charge is 2.22. The highest BCUT2D eigenvalue weighted by molar-refractivity contribution is 6.30. The van der Waals surface area contributed by atoms with Crippen LogP contribution in [-0.4, -0.2) is 20.6 Å². The Bertz CT molecular complexity index is 1430. The number of hydrogen-bond acceptors (Lipinski definition) is 3. The normalized spacial score (nSPS) is 14.3. The molecule has 0 spiro atoms. The second-order valence-electron chi connectivity index (χ2n) is 9.24. The van der Waals surface area contributed by atoms with E-state index >= 15 is 0 Å². The molecule has 0 unspecified atom stereocenters. The Hall–Kier alpha value is -3.45. The summed E-state index contributed by atoms with van der Waals surface area (Å²) in [5, 5.41) is 9.73. The van der Waals surface area contributed by atoms with Gasteiger partial charge in [-0.2, -0.15) is 0 Å². The molecule has 0 aliphatic heterocycles. The third-order valence-corrected chi connectivity index (χ3v) is 6.94. The van der Waals surface area contributed by atoms with E-state index in [1.54, 1.807) is 36.4 Å². The van der Waals surface area contributed by atoms with E-state index in [0.717, 1.165) is 31.7 Å². The summed E-state index contributed by atoms with van der Waals surface area (Å²) in [6.07, 6.45) is 5.67. The number of aromatic carboxylic acids is 1. The fourth-order valence-electron chi connectivity index (χ4n) is 4.89. The zero-order chi connectivity index (χ0) is 25.2. The molecule has 3 aromatic carbocycles. The predicted molar refractivity (Wildman–Crippen MR) is 134 cm³/mol. The van der Waals surface area contributed by atoms with Gasteiger partial charge in [0.05, 0.1) is 22.2 Å².